The summed E-state index contributed by atoms with van der Waals surface area (Å²) in [5.74, 6) is 0. The van der Waals surface area contributed by atoms with E-state index in [4.69, 9.17) is 0 Å². The Labute approximate surface area is 171 Å². The second kappa shape index (κ2) is 30.9. The fourth-order valence-electron chi connectivity index (χ4n) is 0.625. The second-order valence-corrected chi connectivity index (χ2v) is 2.05. The van der Waals surface area contributed by atoms with Gasteiger partial charge >= 0.3 is 0 Å². The zero-order valence-corrected chi connectivity index (χ0v) is 19.4. The normalized spacial score (nSPS) is 5.33. The van der Waals surface area contributed by atoms with Crippen molar-refractivity contribution in [2.45, 2.75) is 0 Å². The van der Waals surface area contributed by atoms with E-state index < -0.39 is 0 Å². The molecule has 0 aliphatic heterocycles. The zero-order valence-electron chi connectivity index (χ0n) is 9.12. The first-order valence-electron chi connectivity index (χ1n) is 3.70. The third-order valence-corrected chi connectivity index (χ3v) is 1.13. The summed E-state index contributed by atoms with van der Waals surface area (Å²) in [6.45, 7) is 0. The lowest BCUT2D eigenvalue weighted by molar-refractivity contribution is 1.33. The molecule has 0 atom stereocenters. The summed E-state index contributed by atoms with van der Waals surface area (Å²) < 4.78 is 0. The van der Waals surface area contributed by atoms with Crippen molar-refractivity contribution < 1.29 is 0 Å². The van der Waals surface area contributed by atoms with E-state index in [9.17, 15) is 0 Å². The standard InChI is InChI=1S/2C5H5N.6BrH/c2*1-2-4-6-5-3-1;;;;;;/h2*1-5H;6*1H. The highest BCUT2D eigenvalue weighted by Gasteiger charge is 1.59. The average Bonchev–Trinajstić information content (AvgIpc) is 2.24. The number of hydrogen-bond donors (Lipinski definition) is 0. The van der Waals surface area contributed by atoms with Gasteiger partial charge in [0.25, 0.3) is 0 Å². The van der Waals surface area contributed by atoms with Crippen molar-refractivity contribution in [1.82, 2.24) is 9.97 Å². The van der Waals surface area contributed by atoms with Gasteiger partial charge in [-0.05, 0) is 24.3 Å². The fraction of sp³-hybridized carbons (Fsp3) is 0. The Kier molecular flexibility index (Phi) is 62.6. The molecule has 0 saturated heterocycles. The van der Waals surface area contributed by atoms with E-state index in [0.29, 0.717) is 0 Å². The highest BCUT2D eigenvalue weighted by Crippen LogP contribution is 1.74. The van der Waals surface area contributed by atoms with Crippen LogP contribution < -0.4 is 0 Å². The van der Waals surface area contributed by atoms with Crippen molar-refractivity contribution >= 4 is 102 Å². The molecule has 0 saturated carbocycles. The van der Waals surface area contributed by atoms with E-state index in [0.717, 1.165) is 0 Å². The molecule has 0 unspecified atom stereocenters. The summed E-state index contributed by atoms with van der Waals surface area (Å²) in [6.07, 6.45) is 7.00. The van der Waals surface area contributed by atoms with Crippen molar-refractivity contribution in [2.24, 2.45) is 0 Å². The molecule has 0 amide bonds. The highest BCUT2D eigenvalue weighted by molar-refractivity contribution is 8.93. The van der Waals surface area contributed by atoms with Gasteiger partial charge in [0.15, 0.2) is 0 Å². The Bertz CT molecular complexity index is 200. The van der Waals surface area contributed by atoms with Crippen LogP contribution in [0.1, 0.15) is 0 Å². The van der Waals surface area contributed by atoms with Crippen LogP contribution in [0.15, 0.2) is 61.2 Å². The summed E-state index contributed by atoms with van der Waals surface area (Å²) in [7, 11) is 0. The minimum atomic E-state index is 0. The molecule has 108 valence electrons. The third kappa shape index (κ3) is 25.9. The Balaban J connectivity index is -0.0000000300. The average molecular weight is 644 g/mol. The van der Waals surface area contributed by atoms with Crippen LogP contribution in [0, 0.1) is 0 Å². The van der Waals surface area contributed by atoms with Crippen molar-refractivity contribution in [1.29, 1.82) is 0 Å². The number of hydrogen-bond acceptors (Lipinski definition) is 2. The second-order valence-electron chi connectivity index (χ2n) is 2.05. The lowest BCUT2D eigenvalue weighted by Crippen LogP contribution is -1.58. The molecule has 0 fully saturated rings. The minimum absolute atomic E-state index is 0. The summed E-state index contributed by atoms with van der Waals surface area (Å²) in [6, 6.07) is 11.4. The molecule has 2 nitrogen and oxygen atoms in total. The molecule has 8 heteroatoms. The Hall–Kier alpha value is 1.18. The molecule has 0 N–H and O–H groups in total. The maximum absolute atomic E-state index is 3.78. The van der Waals surface area contributed by atoms with Crippen LogP contribution >= 0.6 is 102 Å². The Morgan fingerprint density at radius 3 is 0.611 bits per heavy atom. The largest absolute Gasteiger partial charge is 0.265 e. The van der Waals surface area contributed by atoms with Crippen molar-refractivity contribution in [3.63, 3.8) is 0 Å². The van der Waals surface area contributed by atoms with Crippen LogP contribution in [0.4, 0.5) is 0 Å². The van der Waals surface area contributed by atoms with Crippen molar-refractivity contribution in [3.8, 4) is 0 Å². The zero-order chi connectivity index (χ0) is 8.49. The summed E-state index contributed by atoms with van der Waals surface area (Å²) in [5, 5.41) is 0. The van der Waals surface area contributed by atoms with Gasteiger partial charge in [-0.2, -0.15) is 0 Å². The van der Waals surface area contributed by atoms with E-state index in [-0.39, 0.29) is 102 Å². The van der Waals surface area contributed by atoms with E-state index >= 15 is 0 Å². The molecule has 18 heavy (non-hydrogen) atoms. The quantitative estimate of drug-likeness (QED) is 0.372. The van der Waals surface area contributed by atoms with Crippen LogP contribution in [0.3, 0.4) is 0 Å². The number of halogens is 6. The smallest absolute Gasteiger partial charge is 0.0267 e. The van der Waals surface area contributed by atoms with Gasteiger partial charge in [-0.3, -0.25) is 9.97 Å². The van der Waals surface area contributed by atoms with Gasteiger partial charge in [0.05, 0.1) is 0 Å². The van der Waals surface area contributed by atoms with Crippen LogP contribution in [0.2, 0.25) is 0 Å². The number of pyridine rings is 2. The molecular weight excluding hydrogens is 628 g/mol. The lowest BCUT2D eigenvalue weighted by atomic mass is 10.5. The van der Waals surface area contributed by atoms with Gasteiger partial charge in [0.1, 0.15) is 0 Å². The lowest BCUT2D eigenvalue weighted by Gasteiger charge is -1.70. The topological polar surface area (TPSA) is 25.8 Å². The molecule has 2 aromatic heterocycles. The van der Waals surface area contributed by atoms with Gasteiger partial charge in [-0.25, -0.2) is 0 Å². The molecule has 0 aromatic carbocycles. The molecule has 0 aliphatic rings. The maximum atomic E-state index is 3.78. The number of nitrogens with zero attached hydrogens (tertiary/aromatic N) is 2. The first kappa shape index (κ1) is 36.5. The summed E-state index contributed by atoms with van der Waals surface area (Å²) in [4.78, 5) is 7.57. The minimum Gasteiger partial charge on any atom is -0.265 e. The van der Waals surface area contributed by atoms with Crippen LogP contribution in [-0.4, -0.2) is 9.97 Å². The summed E-state index contributed by atoms with van der Waals surface area (Å²) in [5.41, 5.74) is 0. The predicted octanol–water partition coefficient (Wildman–Crippen LogP) is 5.63. The fourth-order valence-corrected chi connectivity index (χ4v) is 0.625. The van der Waals surface area contributed by atoms with E-state index in [1.807, 2.05) is 36.4 Å². The highest BCUT2D eigenvalue weighted by atomic mass is 79.9. The molecule has 2 aromatic rings. The van der Waals surface area contributed by atoms with Gasteiger partial charge in [0.2, 0.25) is 0 Å². The molecule has 2 rings (SSSR count). The van der Waals surface area contributed by atoms with E-state index in [1.54, 1.807) is 24.8 Å². The Morgan fingerprint density at radius 2 is 0.556 bits per heavy atom. The van der Waals surface area contributed by atoms with E-state index in [2.05, 4.69) is 9.97 Å². The Morgan fingerprint density at radius 1 is 0.333 bits per heavy atom. The van der Waals surface area contributed by atoms with Crippen LogP contribution in [-0.2, 0) is 0 Å². The van der Waals surface area contributed by atoms with Gasteiger partial charge in [0, 0.05) is 24.8 Å². The molecule has 0 bridgehead atoms. The van der Waals surface area contributed by atoms with Gasteiger partial charge < -0.3 is 0 Å². The monoisotopic (exact) mass is 638 g/mol. The molecule has 0 radical (unpaired) electrons. The van der Waals surface area contributed by atoms with Gasteiger partial charge in [-0.15, -0.1) is 102 Å². The maximum Gasteiger partial charge on any atom is 0.0267 e. The molecule has 0 spiro atoms. The van der Waals surface area contributed by atoms with Crippen molar-refractivity contribution in [3.05, 3.63) is 61.2 Å². The number of aromatic nitrogens is 2. The van der Waals surface area contributed by atoms with Gasteiger partial charge in [-0.1, -0.05) is 12.1 Å². The van der Waals surface area contributed by atoms with Crippen LogP contribution in [0.25, 0.3) is 0 Å². The van der Waals surface area contributed by atoms with Crippen LogP contribution in [0.5, 0.6) is 0 Å². The van der Waals surface area contributed by atoms with Crippen molar-refractivity contribution in [2.75, 3.05) is 0 Å². The first-order valence-corrected chi connectivity index (χ1v) is 3.70. The SMILES string of the molecule is Br.Br.Br.Br.Br.Br.c1ccncc1.c1ccncc1. The first-order chi connectivity index (χ1) is 6.00. The predicted molar refractivity (Wildman–Crippen MR) is 110 cm³/mol. The molecule has 2 heterocycles. The number of rotatable bonds is 0. The van der Waals surface area contributed by atoms with E-state index in [1.165, 1.54) is 0 Å². The third-order valence-electron chi connectivity index (χ3n) is 1.13. The molecular formula is C10H16Br6N2. The molecule has 0 aliphatic carbocycles. The summed E-state index contributed by atoms with van der Waals surface area (Å²) >= 11 is 0.